The summed E-state index contributed by atoms with van der Waals surface area (Å²) in [7, 11) is 0. The molecule has 0 spiro atoms. The number of hydrogen-bond donors (Lipinski definition) is 2. The van der Waals surface area contributed by atoms with E-state index in [1.165, 1.54) is 24.1 Å². The van der Waals surface area contributed by atoms with E-state index in [4.69, 9.17) is 11.6 Å². The van der Waals surface area contributed by atoms with E-state index in [0.29, 0.717) is 15.8 Å². The molecule has 6 heteroatoms. The topological polar surface area (TPSA) is 54.0 Å². The molecule has 0 saturated carbocycles. The lowest BCUT2D eigenvalue weighted by Gasteiger charge is -2.05. The van der Waals surface area contributed by atoms with E-state index in [-0.39, 0.29) is 6.03 Å². The Balaban J connectivity index is 1.65. The number of halogens is 1. The minimum Gasteiger partial charge on any atom is -0.308 e. The molecule has 1 aliphatic rings. The maximum absolute atomic E-state index is 12.0. The van der Waals surface area contributed by atoms with Crippen molar-refractivity contribution in [3.63, 3.8) is 0 Å². The molecule has 0 bridgehead atoms. The molecule has 0 fully saturated rings. The largest absolute Gasteiger partial charge is 0.325 e. The van der Waals surface area contributed by atoms with Gasteiger partial charge in [-0.15, -0.1) is 11.3 Å². The van der Waals surface area contributed by atoms with Crippen LogP contribution >= 0.6 is 22.9 Å². The van der Waals surface area contributed by atoms with Crippen molar-refractivity contribution in [2.45, 2.75) is 32.1 Å². The van der Waals surface area contributed by atoms with Gasteiger partial charge in [-0.05, 0) is 43.9 Å². The average Bonchev–Trinajstić information content (AvgIpc) is 2.67. The van der Waals surface area contributed by atoms with E-state index in [2.05, 4.69) is 15.6 Å². The van der Waals surface area contributed by atoms with Crippen LogP contribution in [0.15, 0.2) is 24.3 Å². The van der Waals surface area contributed by atoms with Gasteiger partial charge in [0.1, 0.15) is 0 Å². The van der Waals surface area contributed by atoms with E-state index in [9.17, 15) is 4.79 Å². The van der Waals surface area contributed by atoms with Gasteiger partial charge in [0.15, 0.2) is 5.13 Å². The molecule has 0 atom stereocenters. The first-order valence-corrected chi connectivity index (χ1v) is 8.22. The molecule has 21 heavy (non-hydrogen) atoms. The summed E-state index contributed by atoms with van der Waals surface area (Å²) in [5, 5.41) is 6.82. The van der Waals surface area contributed by atoms with Gasteiger partial charge in [0.2, 0.25) is 0 Å². The summed E-state index contributed by atoms with van der Waals surface area (Å²) in [4.78, 5) is 17.8. The summed E-state index contributed by atoms with van der Waals surface area (Å²) < 4.78 is 0. The van der Waals surface area contributed by atoms with Crippen molar-refractivity contribution in [3.05, 3.63) is 39.9 Å². The maximum Gasteiger partial charge on any atom is 0.325 e. The number of carbonyl (C=O) groups is 1. The van der Waals surface area contributed by atoms with Crippen molar-refractivity contribution < 1.29 is 4.79 Å². The van der Waals surface area contributed by atoms with E-state index in [1.807, 2.05) is 0 Å². The minimum atomic E-state index is -0.291. The quantitative estimate of drug-likeness (QED) is 0.787. The number of nitrogens with zero attached hydrogens (tertiary/aromatic N) is 1. The smallest absolute Gasteiger partial charge is 0.308 e. The molecule has 0 unspecified atom stereocenters. The van der Waals surface area contributed by atoms with E-state index in [0.717, 1.165) is 18.5 Å². The number of benzene rings is 1. The lowest BCUT2D eigenvalue weighted by atomic mass is 10.2. The summed E-state index contributed by atoms with van der Waals surface area (Å²) in [6.45, 7) is 0. The van der Waals surface area contributed by atoms with Crippen LogP contribution in [0.3, 0.4) is 0 Å². The van der Waals surface area contributed by atoms with Crippen molar-refractivity contribution in [2.75, 3.05) is 10.6 Å². The van der Waals surface area contributed by atoms with Crippen LogP contribution in [0.25, 0.3) is 0 Å². The number of aromatic nitrogens is 1. The van der Waals surface area contributed by atoms with Gasteiger partial charge in [-0.1, -0.05) is 24.1 Å². The Hall–Kier alpha value is -1.59. The summed E-state index contributed by atoms with van der Waals surface area (Å²) in [5.74, 6) is 0. The highest BCUT2D eigenvalue weighted by Crippen LogP contribution is 2.29. The molecule has 2 N–H and O–H groups in total. The van der Waals surface area contributed by atoms with Crippen LogP contribution in [0.4, 0.5) is 15.6 Å². The Labute approximate surface area is 132 Å². The summed E-state index contributed by atoms with van der Waals surface area (Å²) >= 11 is 7.47. The van der Waals surface area contributed by atoms with Crippen molar-refractivity contribution >= 4 is 39.8 Å². The molecule has 2 amide bonds. The summed E-state index contributed by atoms with van der Waals surface area (Å²) in [6, 6.07) is 6.77. The van der Waals surface area contributed by atoms with Crippen molar-refractivity contribution in [3.8, 4) is 0 Å². The van der Waals surface area contributed by atoms with Gasteiger partial charge in [0, 0.05) is 15.6 Å². The number of carbonyl (C=O) groups excluding carboxylic acids is 1. The molecule has 0 aliphatic heterocycles. The van der Waals surface area contributed by atoms with Gasteiger partial charge in [-0.25, -0.2) is 9.78 Å². The van der Waals surface area contributed by atoms with E-state index in [1.54, 1.807) is 35.6 Å². The second-order valence-corrected chi connectivity index (χ2v) is 6.56. The van der Waals surface area contributed by atoms with Gasteiger partial charge >= 0.3 is 6.03 Å². The second-order valence-electron chi connectivity index (χ2n) is 5.04. The van der Waals surface area contributed by atoms with Gasteiger partial charge in [-0.3, -0.25) is 5.32 Å². The molecule has 1 aromatic heterocycles. The monoisotopic (exact) mass is 321 g/mol. The number of anilines is 2. The normalized spacial score (nSPS) is 14.1. The van der Waals surface area contributed by atoms with E-state index < -0.39 is 0 Å². The average molecular weight is 322 g/mol. The van der Waals surface area contributed by atoms with E-state index >= 15 is 0 Å². The number of aryl methyl sites for hydroxylation is 2. The Bertz CT molecular complexity index is 633. The fourth-order valence-electron chi connectivity index (χ4n) is 2.41. The third-order valence-corrected chi connectivity index (χ3v) is 4.71. The molecular formula is C15H16ClN3OS. The Morgan fingerprint density at radius 1 is 1.19 bits per heavy atom. The highest BCUT2D eigenvalue weighted by molar-refractivity contribution is 7.15. The molecular weight excluding hydrogens is 306 g/mol. The van der Waals surface area contributed by atoms with Crippen LogP contribution in [0.5, 0.6) is 0 Å². The van der Waals surface area contributed by atoms with Crippen LogP contribution < -0.4 is 10.6 Å². The number of amides is 2. The van der Waals surface area contributed by atoms with Crippen LogP contribution in [0.1, 0.15) is 29.8 Å². The number of nitrogens with one attached hydrogen (secondary N) is 2. The van der Waals surface area contributed by atoms with Crippen molar-refractivity contribution in [1.82, 2.24) is 4.98 Å². The maximum atomic E-state index is 12.0. The van der Waals surface area contributed by atoms with Crippen LogP contribution in [0.2, 0.25) is 5.02 Å². The van der Waals surface area contributed by atoms with Crippen molar-refractivity contribution in [1.29, 1.82) is 0 Å². The number of rotatable bonds is 2. The third-order valence-electron chi connectivity index (χ3n) is 3.40. The number of thiazole rings is 1. The Kier molecular flexibility index (Phi) is 4.41. The standard InChI is InChI=1S/C15H16ClN3OS/c16-10-5-4-6-11(9-10)17-14(20)19-15-18-12-7-2-1-3-8-13(12)21-15/h4-6,9H,1-3,7-8H2,(H2,17,18,19,20). The molecule has 1 aliphatic carbocycles. The lowest BCUT2D eigenvalue weighted by Crippen LogP contribution is -2.19. The fraction of sp³-hybridized carbons (Fsp3) is 0.333. The Morgan fingerprint density at radius 2 is 2.05 bits per heavy atom. The molecule has 2 aromatic rings. The summed E-state index contributed by atoms with van der Waals surface area (Å²) in [5.41, 5.74) is 1.81. The van der Waals surface area contributed by atoms with Crippen LogP contribution in [-0.4, -0.2) is 11.0 Å². The molecule has 0 radical (unpaired) electrons. The predicted octanol–water partition coefficient (Wildman–Crippen LogP) is 4.71. The first-order chi connectivity index (χ1) is 10.2. The van der Waals surface area contributed by atoms with Gasteiger partial charge in [0.25, 0.3) is 0 Å². The predicted molar refractivity (Wildman–Crippen MR) is 87.5 cm³/mol. The zero-order valence-electron chi connectivity index (χ0n) is 11.5. The second kappa shape index (κ2) is 6.45. The molecule has 3 rings (SSSR count). The van der Waals surface area contributed by atoms with Gasteiger partial charge in [-0.2, -0.15) is 0 Å². The summed E-state index contributed by atoms with van der Waals surface area (Å²) in [6.07, 6.45) is 5.75. The number of hydrogen-bond acceptors (Lipinski definition) is 3. The molecule has 1 aromatic carbocycles. The number of fused-ring (bicyclic) bond motifs is 1. The zero-order chi connectivity index (χ0) is 14.7. The van der Waals surface area contributed by atoms with Gasteiger partial charge in [0.05, 0.1) is 5.69 Å². The van der Waals surface area contributed by atoms with Crippen LogP contribution in [0, 0.1) is 0 Å². The van der Waals surface area contributed by atoms with Gasteiger partial charge < -0.3 is 5.32 Å². The first kappa shape index (κ1) is 14.4. The highest BCUT2D eigenvalue weighted by atomic mass is 35.5. The zero-order valence-corrected chi connectivity index (χ0v) is 13.1. The lowest BCUT2D eigenvalue weighted by molar-refractivity contribution is 0.262. The SMILES string of the molecule is O=C(Nc1cccc(Cl)c1)Nc1nc2c(s1)CCCCC2. The highest BCUT2D eigenvalue weighted by Gasteiger charge is 2.15. The number of urea groups is 1. The first-order valence-electron chi connectivity index (χ1n) is 7.03. The molecule has 1 heterocycles. The third kappa shape index (κ3) is 3.74. The fourth-order valence-corrected chi connectivity index (χ4v) is 3.64. The minimum absolute atomic E-state index is 0.291. The Morgan fingerprint density at radius 3 is 2.90 bits per heavy atom. The molecule has 0 saturated heterocycles. The molecule has 4 nitrogen and oxygen atoms in total. The van der Waals surface area contributed by atoms with Crippen molar-refractivity contribution in [2.24, 2.45) is 0 Å². The molecule has 110 valence electrons. The van der Waals surface area contributed by atoms with Crippen LogP contribution in [-0.2, 0) is 12.8 Å².